The molecule has 2 N–H and O–H groups in total. The van der Waals surface area contributed by atoms with Gasteiger partial charge in [0.1, 0.15) is 6.04 Å². The second-order valence-corrected chi connectivity index (χ2v) is 4.95. The van der Waals surface area contributed by atoms with Crippen LogP contribution in [-0.4, -0.2) is 47.0 Å². The van der Waals surface area contributed by atoms with Gasteiger partial charge in [0, 0.05) is 12.2 Å². The highest BCUT2D eigenvalue weighted by Crippen LogP contribution is 2.02. The molecule has 0 radical (unpaired) electrons. The summed E-state index contributed by atoms with van der Waals surface area (Å²) in [5, 5.41) is 11.4. The van der Waals surface area contributed by atoms with Gasteiger partial charge in [-0.05, 0) is 24.7 Å². The van der Waals surface area contributed by atoms with Crippen molar-refractivity contribution in [1.29, 1.82) is 0 Å². The molecule has 1 atom stereocenters. The minimum absolute atomic E-state index is 0.183. The molecule has 0 aliphatic heterocycles. The molecule has 0 aromatic heterocycles. The molecule has 0 rings (SSSR count). The quantitative estimate of drug-likeness (QED) is 0.675. The van der Waals surface area contributed by atoms with E-state index >= 15 is 0 Å². The highest BCUT2D eigenvalue weighted by molar-refractivity contribution is 7.98. The minimum Gasteiger partial charge on any atom is -0.480 e. The minimum atomic E-state index is -0.957. The number of amides is 1. The lowest BCUT2D eigenvalue weighted by molar-refractivity contribution is -0.141. The molecular formula is C9H17NO3S2. The summed E-state index contributed by atoms with van der Waals surface area (Å²) in [5.41, 5.74) is 0. The van der Waals surface area contributed by atoms with Crippen LogP contribution < -0.4 is 5.32 Å². The normalized spacial score (nSPS) is 12.1. The molecule has 0 aromatic carbocycles. The van der Waals surface area contributed by atoms with Crippen molar-refractivity contribution in [3.63, 3.8) is 0 Å². The van der Waals surface area contributed by atoms with Crippen molar-refractivity contribution in [3.8, 4) is 0 Å². The van der Waals surface area contributed by atoms with Crippen molar-refractivity contribution < 1.29 is 14.7 Å². The fraction of sp³-hybridized carbons (Fsp3) is 0.778. The Morgan fingerprint density at radius 1 is 1.27 bits per heavy atom. The van der Waals surface area contributed by atoms with Crippen LogP contribution in [0, 0.1) is 0 Å². The highest BCUT2D eigenvalue weighted by Gasteiger charge is 2.18. The first-order chi connectivity index (χ1) is 7.11. The van der Waals surface area contributed by atoms with E-state index < -0.39 is 12.0 Å². The lowest BCUT2D eigenvalue weighted by Crippen LogP contribution is -2.41. The summed E-state index contributed by atoms with van der Waals surface area (Å²) in [6.45, 7) is 0. The van der Waals surface area contributed by atoms with Crippen LogP contribution >= 0.6 is 23.5 Å². The maximum Gasteiger partial charge on any atom is 0.326 e. The molecule has 0 aromatic rings. The summed E-state index contributed by atoms with van der Waals surface area (Å²) in [7, 11) is 0. The van der Waals surface area contributed by atoms with Gasteiger partial charge in [-0.3, -0.25) is 4.79 Å². The Hall–Kier alpha value is -0.360. The number of hydrogen-bond donors (Lipinski definition) is 2. The van der Waals surface area contributed by atoms with Crippen molar-refractivity contribution in [1.82, 2.24) is 5.32 Å². The van der Waals surface area contributed by atoms with E-state index in [2.05, 4.69) is 5.32 Å². The number of carboxylic acid groups (broad SMARTS) is 1. The standard InChI is InChI=1S/C9H17NO3S2/c1-14-5-3-7(9(12)13)10-8(11)4-6-15-2/h7H,3-6H2,1-2H3,(H,10,11)(H,12,13)/t7-/m1/s1. The van der Waals surface area contributed by atoms with Crippen LogP contribution in [-0.2, 0) is 9.59 Å². The number of aliphatic carboxylic acids is 1. The third-order valence-corrected chi connectivity index (χ3v) is 3.03. The van der Waals surface area contributed by atoms with Gasteiger partial charge >= 0.3 is 5.97 Å². The van der Waals surface area contributed by atoms with Crippen molar-refractivity contribution in [2.45, 2.75) is 18.9 Å². The average molecular weight is 251 g/mol. The zero-order chi connectivity index (χ0) is 11.7. The monoisotopic (exact) mass is 251 g/mol. The Balaban J connectivity index is 3.93. The maximum atomic E-state index is 11.3. The van der Waals surface area contributed by atoms with Crippen molar-refractivity contribution >= 4 is 35.4 Å². The van der Waals surface area contributed by atoms with Crippen LogP contribution in [0.5, 0.6) is 0 Å². The van der Waals surface area contributed by atoms with Crippen LogP contribution in [0.25, 0.3) is 0 Å². The van der Waals surface area contributed by atoms with Gasteiger partial charge in [0.15, 0.2) is 0 Å². The first kappa shape index (κ1) is 14.6. The topological polar surface area (TPSA) is 66.4 Å². The largest absolute Gasteiger partial charge is 0.480 e. The van der Waals surface area contributed by atoms with E-state index in [0.717, 1.165) is 11.5 Å². The molecular weight excluding hydrogens is 234 g/mol. The highest BCUT2D eigenvalue weighted by atomic mass is 32.2. The summed E-state index contributed by atoms with van der Waals surface area (Å²) in [6, 6.07) is -0.744. The first-order valence-corrected chi connectivity index (χ1v) is 7.40. The predicted molar refractivity (Wildman–Crippen MR) is 65.6 cm³/mol. The zero-order valence-corrected chi connectivity index (χ0v) is 10.6. The van der Waals surface area contributed by atoms with E-state index in [9.17, 15) is 9.59 Å². The number of carboxylic acids is 1. The lowest BCUT2D eigenvalue weighted by atomic mass is 10.2. The summed E-state index contributed by atoms with van der Waals surface area (Å²) < 4.78 is 0. The van der Waals surface area contributed by atoms with Gasteiger partial charge in [-0.2, -0.15) is 23.5 Å². The van der Waals surface area contributed by atoms with Crippen LogP contribution in [0.1, 0.15) is 12.8 Å². The van der Waals surface area contributed by atoms with E-state index in [1.54, 1.807) is 23.5 Å². The van der Waals surface area contributed by atoms with Gasteiger partial charge in [0.25, 0.3) is 0 Å². The van der Waals surface area contributed by atoms with Gasteiger partial charge in [-0.15, -0.1) is 0 Å². The number of rotatable bonds is 8. The second-order valence-electron chi connectivity index (χ2n) is 2.98. The molecule has 88 valence electrons. The van der Waals surface area contributed by atoms with Crippen LogP contribution in [0.4, 0.5) is 0 Å². The summed E-state index contributed by atoms with van der Waals surface area (Å²) in [6.07, 6.45) is 4.68. The predicted octanol–water partition coefficient (Wildman–Crippen LogP) is 1.06. The van der Waals surface area contributed by atoms with Crippen molar-refractivity contribution in [2.24, 2.45) is 0 Å². The Bertz CT molecular complexity index is 212. The van der Waals surface area contributed by atoms with Crippen LogP contribution in [0.2, 0.25) is 0 Å². The average Bonchev–Trinajstić information content (AvgIpc) is 2.20. The molecule has 0 bridgehead atoms. The number of hydrogen-bond acceptors (Lipinski definition) is 4. The molecule has 1 amide bonds. The molecule has 0 saturated carbocycles. The van der Waals surface area contributed by atoms with E-state index in [1.807, 2.05) is 12.5 Å². The molecule has 0 heterocycles. The van der Waals surface area contributed by atoms with Gasteiger partial charge in [0.2, 0.25) is 5.91 Å². The summed E-state index contributed by atoms with van der Waals surface area (Å²) >= 11 is 3.14. The van der Waals surface area contributed by atoms with Crippen molar-refractivity contribution in [2.75, 3.05) is 24.0 Å². The second kappa shape index (κ2) is 8.91. The number of nitrogens with one attached hydrogen (secondary N) is 1. The van der Waals surface area contributed by atoms with Gasteiger partial charge < -0.3 is 10.4 Å². The fourth-order valence-corrected chi connectivity index (χ4v) is 1.82. The molecule has 0 saturated heterocycles. The smallest absolute Gasteiger partial charge is 0.326 e. The number of thioether (sulfide) groups is 2. The van der Waals surface area contributed by atoms with Gasteiger partial charge in [-0.25, -0.2) is 4.79 Å². The van der Waals surface area contributed by atoms with E-state index in [-0.39, 0.29) is 5.91 Å². The summed E-state index contributed by atoms with van der Waals surface area (Å²) in [4.78, 5) is 22.1. The Labute approximate surface area is 98.6 Å². The number of carbonyl (C=O) groups is 2. The van der Waals surface area contributed by atoms with Crippen molar-refractivity contribution in [3.05, 3.63) is 0 Å². The first-order valence-electron chi connectivity index (χ1n) is 4.61. The van der Waals surface area contributed by atoms with E-state index in [4.69, 9.17) is 5.11 Å². The maximum absolute atomic E-state index is 11.3. The number of carbonyl (C=O) groups excluding carboxylic acids is 1. The lowest BCUT2D eigenvalue weighted by Gasteiger charge is -2.13. The van der Waals surface area contributed by atoms with Crippen LogP contribution in [0.15, 0.2) is 0 Å². The molecule has 0 spiro atoms. The van der Waals surface area contributed by atoms with Crippen LogP contribution in [0.3, 0.4) is 0 Å². The van der Waals surface area contributed by atoms with E-state index in [1.165, 1.54) is 0 Å². The van der Waals surface area contributed by atoms with Gasteiger partial charge in [0.05, 0.1) is 0 Å². The molecule has 0 aliphatic carbocycles. The molecule has 0 aliphatic rings. The Kier molecular flexibility index (Phi) is 8.70. The molecule has 0 fully saturated rings. The summed E-state index contributed by atoms with van der Waals surface area (Å²) in [5.74, 6) is 0.319. The van der Waals surface area contributed by atoms with E-state index in [0.29, 0.717) is 12.8 Å². The molecule has 0 unspecified atom stereocenters. The zero-order valence-electron chi connectivity index (χ0n) is 8.99. The Morgan fingerprint density at radius 3 is 2.33 bits per heavy atom. The Morgan fingerprint density at radius 2 is 1.87 bits per heavy atom. The van der Waals surface area contributed by atoms with Gasteiger partial charge in [-0.1, -0.05) is 0 Å². The molecule has 15 heavy (non-hydrogen) atoms. The third kappa shape index (κ3) is 7.56. The SMILES string of the molecule is CSCCC(=O)N[C@H](CCSC)C(=O)O. The third-order valence-electron chi connectivity index (χ3n) is 1.78. The fourth-order valence-electron chi connectivity index (χ4n) is 0.954. The molecule has 4 nitrogen and oxygen atoms in total. The molecule has 6 heteroatoms.